The Labute approximate surface area is 156 Å². The quantitative estimate of drug-likeness (QED) is 0.557. The fourth-order valence-corrected chi connectivity index (χ4v) is 2.78. The second-order valence-electron chi connectivity index (χ2n) is 6.03. The molecule has 0 aliphatic heterocycles. The number of nitrogens with zero attached hydrogens (tertiary/aromatic N) is 3. The molecule has 7 heteroatoms. The Bertz CT molecular complexity index is 1050. The Kier molecular flexibility index (Phi) is 5.30. The maximum absolute atomic E-state index is 13.0. The number of esters is 1. The molecule has 27 heavy (non-hydrogen) atoms. The summed E-state index contributed by atoms with van der Waals surface area (Å²) in [7, 11) is 1.31. The number of carbonyl (C=O) groups excluding carboxylic acids is 1. The van der Waals surface area contributed by atoms with E-state index in [1.54, 1.807) is 25.1 Å². The minimum Gasteiger partial charge on any atom is -0.469 e. The minimum absolute atomic E-state index is 0.0605. The van der Waals surface area contributed by atoms with Crippen molar-refractivity contribution >= 4 is 17.5 Å². The molecule has 0 saturated heterocycles. The van der Waals surface area contributed by atoms with Gasteiger partial charge in [0, 0.05) is 5.69 Å². The van der Waals surface area contributed by atoms with Crippen molar-refractivity contribution in [1.29, 1.82) is 0 Å². The summed E-state index contributed by atoms with van der Waals surface area (Å²) in [5.74, 6) is 0.0579. The van der Waals surface area contributed by atoms with Crippen molar-refractivity contribution in [2.75, 3.05) is 7.11 Å². The summed E-state index contributed by atoms with van der Waals surface area (Å²) in [5.41, 5.74) is 2.48. The third kappa shape index (κ3) is 4.03. The molecule has 0 bridgehead atoms. The van der Waals surface area contributed by atoms with Gasteiger partial charge in [-0.15, -0.1) is 0 Å². The highest BCUT2D eigenvalue weighted by molar-refractivity contribution is 6.01. The first kappa shape index (κ1) is 18.3. The van der Waals surface area contributed by atoms with Crippen LogP contribution >= 0.6 is 0 Å². The van der Waals surface area contributed by atoms with Crippen LogP contribution in [0.2, 0.25) is 0 Å². The third-order valence-electron chi connectivity index (χ3n) is 4.05. The van der Waals surface area contributed by atoms with Crippen LogP contribution in [0.1, 0.15) is 23.9 Å². The number of para-hydroxylation sites is 1. The lowest BCUT2D eigenvalue weighted by Crippen LogP contribution is -2.20. The highest BCUT2D eigenvalue weighted by atomic mass is 16.5. The van der Waals surface area contributed by atoms with Crippen molar-refractivity contribution in [3.05, 3.63) is 75.8 Å². The van der Waals surface area contributed by atoms with Crippen LogP contribution in [0.3, 0.4) is 0 Å². The molecule has 0 spiro atoms. The topological polar surface area (TPSA) is 89.3 Å². The fraction of sp³-hybridized carbons (Fsp3) is 0.200. The summed E-state index contributed by atoms with van der Waals surface area (Å²) in [6.07, 6.45) is -0.0605. The predicted octanol–water partition coefficient (Wildman–Crippen LogP) is 2.73. The zero-order valence-corrected chi connectivity index (χ0v) is 15.4. The number of nitrogens with one attached hydrogen (secondary N) is 1. The van der Waals surface area contributed by atoms with E-state index in [2.05, 4.69) is 15.1 Å². The van der Waals surface area contributed by atoms with Crippen molar-refractivity contribution in [3.63, 3.8) is 0 Å². The van der Waals surface area contributed by atoms with Gasteiger partial charge in [0.1, 0.15) is 0 Å². The lowest BCUT2D eigenvalue weighted by Gasteiger charge is -2.02. The standard InChI is InChI=1S/C20H20N4O3/c1-13-8-7-11-17(21-13)22-14(2)19-16(12-18(25)27-3)23-24(20(19)26)15-9-5-4-6-10-15/h4-11,23H,12H2,1-3H3. The molecule has 0 unspecified atom stereocenters. The number of aliphatic imine (C=N–C) groups is 1. The maximum atomic E-state index is 13.0. The molecular formula is C20H20N4O3. The first-order valence-electron chi connectivity index (χ1n) is 8.45. The number of hydrogen-bond donors (Lipinski definition) is 1. The molecule has 2 aromatic heterocycles. The number of aromatic amines is 1. The molecule has 0 saturated carbocycles. The molecule has 0 atom stereocenters. The summed E-state index contributed by atoms with van der Waals surface area (Å²) in [4.78, 5) is 33.7. The molecule has 138 valence electrons. The lowest BCUT2D eigenvalue weighted by atomic mass is 10.1. The van der Waals surface area contributed by atoms with Crippen LogP contribution in [0, 0.1) is 6.92 Å². The lowest BCUT2D eigenvalue weighted by molar-refractivity contribution is -0.139. The van der Waals surface area contributed by atoms with Crippen molar-refractivity contribution in [1.82, 2.24) is 14.8 Å². The zero-order chi connectivity index (χ0) is 19.4. The molecular weight excluding hydrogens is 344 g/mol. The van der Waals surface area contributed by atoms with E-state index in [4.69, 9.17) is 4.74 Å². The van der Waals surface area contributed by atoms with Crippen molar-refractivity contribution in [3.8, 4) is 5.69 Å². The molecule has 0 aliphatic rings. The van der Waals surface area contributed by atoms with E-state index in [1.165, 1.54) is 11.8 Å². The Morgan fingerprint density at radius 1 is 1.19 bits per heavy atom. The van der Waals surface area contributed by atoms with Crippen LogP contribution in [0.15, 0.2) is 58.3 Å². The number of pyridine rings is 1. The SMILES string of the molecule is COC(=O)Cc1[nH]n(-c2ccccc2)c(=O)c1C(C)=Nc1cccc(C)n1. The molecule has 1 N–H and O–H groups in total. The van der Waals surface area contributed by atoms with Crippen LogP contribution in [0.5, 0.6) is 0 Å². The second-order valence-corrected chi connectivity index (χ2v) is 6.03. The average Bonchev–Trinajstić information content (AvgIpc) is 2.98. The van der Waals surface area contributed by atoms with Gasteiger partial charge in [0.05, 0.1) is 36.2 Å². The second kappa shape index (κ2) is 7.82. The summed E-state index contributed by atoms with van der Waals surface area (Å²) in [6, 6.07) is 14.6. The number of benzene rings is 1. The van der Waals surface area contributed by atoms with Gasteiger partial charge in [-0.1, -0.05) is 24.3 Å². The zero-order valence-electron chi connectivity index (χ0n) is 15.4. The van der Waals surface area contributed by atoms with E-state index in [0.29, 0.717) is 28.5 Å². The monoisotopic (exact) mass is 364 g/mol. The molecule has 0 radical (unpaired) electrons. The number of aryl methyl sites for hydroxylation is 1. The van der Waals surface area contributed by atoms with Gasteiger partial charge in [0.15, 0.2) is 5.82 Å². The third-order valence-corrected chi connectivity index (χ3v) is 4.05. The predicted molar refractivity (Wildman–Crippen MR) is 103 cm³/mol. The number of methoxy groups -OCH3 is 1. The van der Waals surface area contributed by atoms with Gasteiger partial charge in [-0.05, 0) is 38.1 Å². The number of carbonyl (C=O) groups is 1. The average molecular weight is 364 g/mol. The van der Waals surface area contributed by atoms with E-state index < -0.39 is 5.97 Å². The first-order valence-corrected chi connectivity index (χ1v) is 8.45. The molecule has 0 aliphatic carbocycles. The molecule has 0 fully saturated rings. The highest BCUT2D eigenvalue weighted by Crippen LogP contribution is 2.14. The van der Waals surface area contributed by atoms with Gasteiger partial charge in [-0.25, -0.2) is 14.7 Å². The largest absolute Gasteiger partial charge is 0.469 e. The summed E-state index contributed by atoms with van der Waals surface area (Å²) < 4.78 is 6.15. The van der Waals surface area contributed by atoms with Gasteiger partial charge in [0.25, 0.3) is 5.56 Å². The van der Waals surface area contributed by atoms with Crippen LogP contribution in [-0.4, -0.2) is 33.6 Å². The van der Waals surface area contributed by atoms with E-state index in [9.17, 15) is 9.59 Å². The van der Waals surface area contributed by atoms with E-state index in [1.807, 2.05) is 37.3 Å². The summed E-state index contributed by atoms with van der Waals surface area (Å²) >= 11 is 0. The molecule has 2 heterocycles. The molecule has 3 aromatic rings. The van der Waals surface area contributed by atoms with E-state index >= 15 is 0 Å². The normalized spacial score (nSPS) is 11.4. The Balaban J connectivity index is 2.13. The van der Waals surface area contributed by atoms with Crippen molar-refractivity contribution in [2.24, 2.45) is 4.99 Å². The first-order chi connectivity index (χ1) is 13.0. The van der Waals surface area contributed by atoms with E-state index in [-0.39, 0.29) is 12.0 Å². The van der Waals surface area contributed by atoms with Gasteiger partial charge in [-0.3, -0.25) is 14.7 Å². The van der Waals surface area contributed by atoms with Crippen LogP contribution in [0.25, 0.3) is 5.69 Å². The van der Waals surface area contributed by atoms with Crippen LogP contribution in [0.4, 0.5) is 5.82 Å². The minimum atomic E-state index is -0.445. The Morgan fingerprint density at radius 3 is 2.59 bits per heavy atom. The van der Waals surface area contributed by atoms with E-state index in [0.717, 1.165) is 5.69 Å². The molecule has 0 amide bonds. The van der Waals surface area contributed by atoms with Gasteiger partial charge in [-0.2, -0.15) is 0 Å². The fourth-order valence-electron chi connectivity index (χ4n) is 2.78. The van der Waals surface area contributed by atoms with Gasteiger partial charge < -0.3 is 4.74 Å². The van der Waals surface area contributed by atoms with Gasteiger partial charge >= 0.3 is 5.97 Å². The number of hydrogen-bond acceptors (Lipinski definition) is 5. The summed E-state index contributed by atoms with van der Waals surface area (Å²) in [6.45, 7) is 3.60. The highest BCUT2D eigenvalue weighted by Gasteiger charge is 2.20. The van der Waals surface area contributed by atoms with Crippen molar-refractivity contribution < 1.29 is 9.53 Å². The van der Waals surface area contributed by atoms with Crippen LogP contribution in [-0.2, 0) is 16.0 Å². The smallest absolute Gasteiger partial charge is 0.311 e. The van der Waals surface area contributed by atoms with Gasteiger partial charge in [0.2, 0.25) is 0 Å². The number of H-pyrrole nitrogens is 1. The molecule has 7 nitrogen and oxygen atoms in total. The van der Waals surface area contributed by atoms with Crippen molar-refractivity contribution in [2.45, 2.75) is 20.3 Å². The van der Waals surface area contributed by atoms with Crippen LogP contribution < -0.4 is 5.56 Å². The number of aromatic nitrogens is 3. The molecule has 1 aromatic carbocycles. The Morgan fingerprint density at radius 2 is 1.93 bits per heavy atom. The Hall–Kier alpha value is -3.48. The number of rotatable bonds is 5. The molecule has 3 rings (SSSR count). The summed E-state index contributed by atoms with van der Waals surface area (Å²) in [5, 5.41) is 3.01. The number of ether oxygens (including phenoxy) is 1. The maximum Gasteiger partial charge on any atom is 0.311 e.